The summed E-state index contributed by atoms with van der Waals surface area (Å²) < 4.78 is 5.13. The molecule has 0 bridgehead atoms. The summed E-state index contributed by atoms with van der Waals surface area (Å²) >= 11 is 0. The van der Waals surface area contributed by atoms with Gasteiger partial charge in [-0.2, -0.15) is 0 Å². The molecule has 104 valence electrons. The summed E-state index contributed by atoms with van der Waals surface area (Å²) in [4.78, 5) is 14.2. The number of aliphatic hydroxyl groups excluding tert-OH is 1. The summed E-state index contributed by atoms with van der Waals surface area (Å²) in [7, 11) is 1.53. The van der Waals surface area contributed by atoms with Crippen molar-refractivity contribution in [1.82, 2.24) is 4.90 Å². The van der Waals surface area contributed by atoms with Crippen molar-refractivity contribution in [2.45, 2.75) is 19.4 Å². The SMILES string of the molecule is COc1cccc(C(=O)N2CCC(O)C(C)C2)c1N. The van der Waals surface area contributed by atoms with Gasteiger partial charge in [0.2, 0.25) is 0 Å². The lowest BCUT2D eigenvalue weighted by atomic mass is 9.96. The van der Waals surface area contributed by atoms with E-state index in [9.17, 15) is 9.90 Å². The lowest BCUT2D eigenvalue weighted by Gasteiger charge is -2.34. The van der Waals surface area contributed by atoms with Crippen molar-refractivity contribution >= 4 is 11.6 Å². The zero-order valence-corrected chi connectivity index (χ0v) is 11.3. The number of amides is 1. The largest absolute Gasteiger partial charge is 0.495 e. The lowest BCUT2D eigenvalue weighted by Crippen LogP contribution is -2.45. The predicted octanol–water partition coefficient (Wildman–Crippen LogP) is 1.12. The van der Waals surface area contributed by atoms with E-state index >= 15 is 0 Å². The van der Waals surface area contributed by atoms with Crippen molar-refractivity contribution < 1.29 is 14.6 Å². The Morgan fingerprint density at radius 1 is 1.53 bits per heavy atom. The molecule has 1 aromatic rings. The minimum atomic E-state index is -0.327. The number of likely N-dealkylation sites (tertiary alicyclic amines) is 1. The van der Waals surface area contributed by atoms with Crippen LogP contribution in [0.4, 0.5) is 5.69 Å². The van der Waals surface area contributed by atoms with E-state index < -0.39 is 0 Å². The molecule has 19 heavy (non-hydrogen) atoms. The first kappa shape index (κ1) is 13.7. The third-order valence-corrected chi connectivity index (χ3v) is 3.66. The Labute approximate surface area is 113 Å². The van der Waals surface area contributed by atoms with Gasteiger partial charge in [-0.25, -0.2) is 0 Å². The number of nitrogens with two attached hydrogens (primary N) is 1. The number of ether oxygens (including phenoxy) is 1. The highest BCUT2D eigenvalue weighted by Gasteiger charge is 2.28. The van der Waals surface area contributed by atoms with Crippen LogP contribution in [0.15, 0.2) is 18.2 Å². The van der Waals surface area contributed by atoms with Crippen LogP contribution in [0.25, 0.3) is 0 Å². The molecule has 2 rings (SSSR count). The molecule has 0 spiro atoms. The van der Waals surface area contributed by atoms with E-state index in [0.29, 0.717) is 36.5 Å². The van der Waals surface area contributed by atoms with Gasteiger partial charge >= 0.3 is 0 Å². The van der Waals surface area contributed by atoms with Gasteiger partial charge < -0.3 is 20.5 Å². The topological polar surface area (TPSA) is 75.8 Å². The minimum absolute atomic E-state index is 0.0875. The Kier molecular flexibility index (Phi) is 3.95. The highest BCUT2D eigenvalue weighted by molar-refractivity contribution is 6.00. The number of rotatable bonds is 2. The number of nitrogens with zero attached hydrogens (tertiary/aromatic N) is 1. The van der Waals surface area contributed by atoms with E-state index in [2.05, 4.69) is 0 Å². The van der Waals surface area contributed by atoms with E-state index in [4.69, 9.17) is 10.5 Å². The maximum Gasteiger partial charge on any atom is 0.256 e. The van der Waals surface area contributed by atoms with Gasteiger partial charge in [0.25, 0.3) is 5.91 Å². The minimum Gasteiger partial charge on any atom is -0.495 e. The summed E-state index contributed by atoms with van der Waals surface area (Å²) in [6.07, 6.45) is 0.281. The van der Waals surface area contributed by atoms with Crippen LogP contribution in [0.3, 0.4) is 0 Å². The van der Waals surface area contributed by atoms with Crippen molar-refractivity contribution in [3.63, 3.8) is 0 Å². The van der Waals surface area contributed by atoms with E-state index in [-0.39, 0.29) is 17.9 Å². The predicted molar refractivity (Wildman–Crippen MR) is 73.1 cm³/mol. The third kappa shape index (κ3) is 2.66. The number of benzene rings is 1. The lowest BCUT2D eigenvalue weighted by molar-refractivity contribution is 0.0298. The van der Waals surface area contributed by atoms with Gasteiger partial charge in [-0.05, 0) is 24.5 Å². The van der Waals surface area contributed by atoms with Crippen LogP contribution >= 0.6 is 0 Å². The number of methoxy groups -OCH3 is 1. The number of hydrogen-bond donors (Lipinski definition) is 2. The van der Waals surface area contributed by atoms with Gasteiger partial charge in [0.1, 0.15) is 5.75 Å². The smallest absolute Gasteiger partial charge is 0.256 e. The van der Waals surface area contributed by atoms with Gasteiger partial charge in [0, 0.05) is 13.1 Å². The van der Waals surface area contributed by atoms with E-state index in [1.165, 1.54) is 7.11 Å². The van der Waals surface area contributed by atoms with Gasteiger partial charge in [-0.1, -0.05) is 13.0 Å². The monoisotopic (exact) mass is 264 g/mol. The second-order valence-corrected chi connectivity index (χ2v) is 5.01. The van der Waals surface area contributed by atoms with Gasteiger partial charge in [0.05, 0.1) is 24.5 Å². The summed E-state index contributed by atoms with van der Waals surface area (Å²) in [6, 6.07) is 5.19. The number of carbonyl (C=O) groups is 1. The number of carbonyl (C=O) groups excluding carboxylic acids is 1. The highest BCUT2D eigenvalue weighted by atomic mass is 16.5. The average molecular weight is 264 g/mol. The van der Waals surface area contributed by atoms with Crippen LogP contribution in [0.1, 0.15) is 23.7 Å². The molecule has 1 fully saturated rings. The Morgan fingerprint density at radius 2 is 2.26 bits per heavy atom. The Morgan fingerprint density at radius 3 is 2.89 bits per heavy atom. The highest BCUT2D eigenvalue weighted by Crippen LogP contribution is 2.27. The van der Waals surface area contributed by atoms with E-state index in [1.807, 2.05) is 6.92 Å². The molecule has 1 amide bonds. The number of para-hydroxylation sites is 1. The number of aliphatic hydroxyl groups is 1. The maximum atomic E-state index is 12.4. The van der Waals surface area contributed by atoms with E-state index in [0.717, 1.165) is 0 Å². The van der Waals surface area contributed by atoms with Crippen molar-refractivity contribution in [2.24, 2.45) is 5.92 Å². The zero-order valence-electron chi connectivity index (χ0n) is 11.3. The van der Waals surface area contributed by atoms with Crippen molar-refractivity contribution in [1.29, 1.82) is 0 Å². The molecular weight excluding hydrogens is 244 g/mol. The Hall–Kier alpha value is -1.75. The molecule has 1 aliphatic rings. The number of piperidine rings is 1. The first-order valence-electron chi connectivity index (χ1n) is 6.44. The molecule has 0 saturated carbocycles. The molecule has 1 saturated heterocycles. The molecule has 0 aromatic heterocycles. The fourth-order valence-corrected chi connectivity index (χ4v) is 2.40. The summed E-state index contributed by atoms with van der Waals surface area (Å²) in [5, 5.41) is 9.70. The molecule has 1 heterocycles. The van der Waals surface area contributed by atoms with Crippen LogP contribution < -0.4 is 10.5 Å². The van der Waals surface area contributed by atoms with Gasteiger partial charge in [0.15, 0.2) is 0 Å². The molecule has 0 radical (unpaired) electrons. The molecule has 0 aliphatic carbocycles. The third-order valence-electron chi connectivity index (χ3n) is 3.66. The molecule has 1 aromatic carbocycles. The normalized spacial score (nSPS) is 23.2. The number of nitrogen functional groups attached to an aromatic ring is 1. The molecule has 3 N–H and O–H groups in total. The van der Waals surface area contributed by atoms with Gasteiger partial charge in [-0.3, -0.25) is 4.79 Å². The maximum absolute atomic E-state index is 12.4. The molecular formula is C14H20N2O3. The fourth-order valence-electron chi connectivity index (χ4n) is 2.40. The average Bonchev–Trinajstić information content (AvgIpc) is 2.41. The first-order chi connectivity index (χ1) is 9.04. The summed E-state index contributed by atoms with van der Waals surface area (Å²) in [5.41, 5.74) is 6.77. The molecule has 5 heteroatoms. The molecule has 5 nitrogen and oxygen atoms in total. The summed E-state index contributed by atoms with van der Waals surface area (Å²) in [6.45, 7) is 3.05. The molecule has 1 aliphatic heterocycles. The second kappa shape index (κ2) is 5.48. The van der Waals surface area contributed by atoms with Crippen molar-refractivity contribution in [3.8, 4) is 5.75 Å². The quantitative estimate of drug-likeness (QED) is 0.785. The summed E-state index contributed by atoms with van der Waals surface area (Å²) in [5.74, 6) is 0.496. The van der Waals surface area contributed by atoms with Crippen molar-refractivity contribution in [2.75, 3.05) is 25.9 Å². The first-order valence-corrected chi connectivity index (χ1v) is 6.44. The fraction of sp³-hybridized carbons (Fsp3) is 0.500. The standard InChI is InChI=1S/C14H20N2O3/c1-9-8-16(7-6-11(9)17)14(18)10-4-3-5-12(19-2)13(10)15/h3-5,9,11,17H,6-8,15H2,1-2H3. The molecule has 2 unspecified atom stereocenters. The van der Waals surface area contributed by atoms with Crippen LogP contribution in [0.5, 0.6) is 5.75 Å². The Balaban J connectivity index is 2.20. The van der Waals surface area contributed by atoms with Crippen LogP contribution in [-0.2, 0) is 0 Å². The zero-order chi connectivity index (χ0) is 14.0. The number of anilines is 1. The number of hydrogen-bond acceptors (Lipinski definition) is 4. The van der Waals surface area contributed by atoms with Crippen LogP contribution in [0.2, 0.25) is 0 Å². The Bertz CT molecular complexity index is 476. The second-order valence-electron chi connectivity index (χ2n) is 5.01. The van der Waals surface area contributed by atoms with Crippen molar-refractivity contribution in [3.05, 3.63) is 23.8 Å². The molecule has 2 atom stereocenters. The van der Waals surface area contributed by atoms with Gasteiger partial charge in [-0.15, -0.1) is 0 Å². The van der Waals surface area contributed by atoms with E-state index in [1.54, 1.807) is 23.1 Å². The van der Waals surface area contributed by atoms with Crippen LogP contribution in [0, 0.1) is 5.92 Å². The van der Waals surface area contributed by atoms with Crippen LogP contribution in [-0.4, -0.2) is 42.2 Å².